The Balaban J connectivity index is 2.12. The number of thioether (sulfide) groups is 1. The zero-order valence-corrected chi connectivity index (χ0v) is 13.8. The van der Waals surface area contributed by atoms with Crippen LogP contribution in [0, 0.1) is 0 Å². The predicted molar refractivity (Wildman–Crippen MR) is 86.7 cm³/mol. The molecule has 0 spiro atoms. The molecule has 112 valence electrons. The van der Waals surface area contributed by atoms with Crippen molar-refractivity contribution in [2.24, 2.45) is 0 Å². The maximum atomic E-state index is 13.1. The summed E-state index contributed by atoms with van der Waals surface area (Å²) in [5.41, 5.74) is 2.14. The van der Waals surface area contributed by atoms with Crippen LogP contribution in [0.2, 0.25) is 0 Å². The van der Waals surface area contributed by atoms with Gasteiger partial charge in [-0.05, 0) is 31.2 Å². The largest absolute Gasteiger partial charge is 0.302 e. The van der Waals surface area contributed by atoms with Crippen molar-refractivity contribution < 1.29 is 3.89 Å². The Labute approximate surface area is 129 Å². The first kappa shape index (κ1) is 15.9. The molecule has 0 fully saturated rings. The summed E-state index contributed by atoms with van der Waals surface area (Å²) in [5.74, 6) is 1.05. The Bertz CT molecular complexity index is 459. The van der Waals surface area contributed by atoms with Crippen molar-refractivity contribution in [3.63, 3.8) is 0 Å². The van der Waals surface area contributed by atoms with Crippen molar-refractivity contribution in [2.45, 2.75) is 37.6 Å². The van der Waals surface area contributed by atoms with Crippen molar-refractivity contribution >= 4 is 29.7 Å². The summed E-state index contributed by atoms with van der Waals surface area (Å²) in [6.07, 6.45) is 8.49. The first-order chi connectivity index (χ1) is 9.76. The number of hydrogen-bond donors (Lipinski definition) is 0. The molecule has 3 nitrogen and oxygen atoms in total. The standard InChI is InChI=1S/C14H22FN3S2/c1-3-4-5-9-19-14-13(18(20-15)11-16-14)12-7-6-8-17(2)10-12/h7,11H,3-6,8-10H2,1-2H3. The Hall–Kier alpha value is -0.460. The summed E-state index contributed by atoms with van der Waals surface area (Å²) in [4.78, 5) is 6.66. The van der Waals surface area contributed by atoms with E-state index >= 15 is 0 Å². The van der Waals surface area contributed by atoms with E-state index in [1.54, 1.807) is 22.1 Å². The van der Waals surface area contributed by atoms with Crippen molar-refractivity contribution in [3.8, 4) is 0 Å². The third kappa shape index (κ3) is 4.02. The van der Waals surface area contributed by atoms with Gasteiger partial charge in [-0.2, -0.15) is 0 Å². The minimum absolute atomic E-state index is 0.236. The lowest BCUT2D eigenvalue weighted by atomic mass is 10.1. The number of hydrogen-bond acceptors (Lipinski definition) is 4. The topological polar surface area (TPSA) is 21.1 Å². The van der Waals surface area contributed by atoms with Crippen LogP contribution in [-0.2, 0) is 0 Å². The SMILES string of the molecule is CCCCCSc1ncn(SF)c1C1=CCCN(C)C1. The van der Waals surface area contributed by atoms with E-state index in [2.05, 4.69) is 29.9 Å². The summed E-state index contributed by atoms with van der Waals surface area (Å²) in [6.45, 7) is 4.14. The van der Waals surface area contributed by atoms with E-state index in [0.717, 1.165) is 36.0 Å². The molecule has 1 aromatic heterocycles. The summed E-state index contributed by atoms with van der Waals surface area (Å²) >= 11 is 1.98. The Morgan fingerprint density at radius 3 is 2.95 bits per heavy atom. The monoisotopic (exact) mass is 315 g/mol. The first-order valence-corrected chi connectivity index (χ1v) is 8.79. The van der Waals surface area contributed by atoms with E-state index < -0.39 is 0 Å². The second kappa shape index (κ2) is 8.10. The van der Waals surface area contributed by atoms with E-state index in [4.69, 9.17) is 0 Å². The Morgan fingerprint density at radius 2 is 2.25 bits per heavy atom. The molecule has 2 heterocycles. The van der Waals surface area contributed by atoms with Crippen LogP contribution >= 0.6 is 24.1 Å². The van der Waals surface area contributed by atoms with Gasteiger partial charge in [0, 0.05) is 13.1 Å². The predicted octanol–water partition coefficient (Wildman–Crippen LogP) is 4.27. The summed E-state index contributed by atoms with van der Waals surface area (Å²) in [6, 6.07) is 0. The minimum atomic E-state index is 0.236. The number of imidazole rings is 1. The third-order valence-corrected chi connectivity index (χ3v) is 4.90. The molecule has 2 rings (SSSR count). The van der Waals surface area contributed by atoms with Gasteiger partial charge in [-0.25, -0.2) is 8.96 Å². The van der Waals surface area contributed by atoms with Crippen LogP contribution in [0.3, 0.4) is 0 Å². The molecular weight excluding hydrogens is 293 g/mol. The van der Waals surface area contributed by atoms with Crippen LogP contribution in [0.25, 0.3) is 5.57 Å². The van der Waals surface area contributed by atoms with E-state index in [-0.39, 0.29) is 12.3 Å². The van der Waals surface area contributed by atoms with Crippen LogP contribution in [0.15, 0.2) is 17.4 Å². The second-order valence-corrected chi connectivity index (χ2v) is 6.72. The van der Waals surface area contributed by atoms with Gasteiger partial charge < -0.3 is 4.90 Å². The van der Waals surface area contributed by atoms with Crippen LogP contribution < -0.4 is 0 Å². The van der Waals surface area contributed by atoms with Gasteiger partial charge in [-0.3, -0.25) is 0 Å². The molecule has 1 aliphatic rings. The highest BCUT2D eigenvalue weighted by atomic mass is 32.2. The summed E-state index contributed by atoms with van der Waals surface area (Å²) in [5, 5.41) is 0.966. The van der Waals surface area contributed by atoms with Gasteiger partial charge >= 0.3 is 0 Å². The maximum Gasteiger partial charge on any atom is 0.171 e. The molecule has 6 heteroatoms. The normalized spacial score (nSPS) is 16.4. The van der Waals surface area contributed by atoms with Gasteiger partial charge in [0.2, 0.25) is 0 Å². The molecule has 0 atom stereocenters. The molecular formula is C14H22FN3S2. The lowest BCUT2D eigenvalue weighted by Crippen LogP contribution is -2.25. The Kier molecular flexibility index (Phi) is 6.45. The molecule has 0 saturated heterocycles. The maximum absolute atomic E-state index is 13.1. The average molecular weight is 315 g/mol. The van der Waals surface area contributed by atoms with E-state index in [0.29, 0.717) is 0 Å². The van der Waals surface area contributed by atoms with Crippen molar-refractivity contribution in [1.82, 2.24) is 13.9 Å². The van der Waals surface area contributed by atoms with E-state index in [1.807, 2.05) is 0 Å². The van der Waals surface area contributed by atoms with E-state index in [1.165, 1.54) is 24.8 Å². The van der Waals surface area contributed by atoms with E-state index in [9.17, 15) is 3.89 Å². The van der Waals surface area contributed by atoms with Crippen LogP contribution in [0.4, 0.5) is 3.89 Å². The highest BCUT2D eigenvalue weighted by molar-refractivity contribution is 7.99. The molecule has 1 aliphatic heterocycles. The summed E-state index contributed by atoms with van der Waals surface area (Å²) in [7, 11) is 2.10. The van der Waals surface area contributed by atoms with Gasteiger partial charge in [-0.1, -0.05) is 25.8 Å². The van der Waals surface area contributed by atoms with Crippen molar-refractivity contribution in [1.29, 1.82) is 0 Å². The number of unbranched alkanes of at least 4 members (excludes halogenated alkanes) is 2. The molecule has 20 heavy (non-hydrogen) atoms. The molecule has 0 N–H and O–H groups in total. The fourth-order valence-corrected chi connectivity index (χ4v) is 3.78. The lowest BCUT2D eigenvalue weighted by molar-refractivity contribution is 0.372. The molecule has 0 aromatic carbocycles. The van der Waals surface area contributed by atoms with Crippen LogP contribution in [0.1, 0.15) is 38.3 Å². The summed E-state index contributed by atoms with van der Waals surface area (Å²) < 4.78 is 14.6. The lowest BCUT2D eigenvalue weighted by Gasteiger charge is -2.23. The highest BCUT2D eigenvalue weighted by Crippen LogP contribution is 2.32. The third-order valence-electron chi connectivity index (χ3n) is 3.41. The fourth-order valence-electron chi connectivity index (χ4n) is 2.34. The number of nitrogens with zero attached hydrogens (tertiary/aromatic N) is 3. The molecule has 0 amide bonds. The van der Waals surface area contributed by atoms with Gasteiger partial charge in [0.15, 0.2) is 12.3 Å². The number of likely N-dealkylation sites (N-methyl/N-ethyl adjacent to an activating group) is 1. The second-order valence-electron chi connectivity index (χ2n) is 5.10. The zero-order chi connectivity index (χ0) is 14.4. The van der Waals surface area contributed by atoms with Crippen molar-refractivity contribution in [3.05, 3.63) is 18.1 Å². The van der Waals surface area contributed by atoms with Gasteiger partial charge in [0.25, 0.3) is 0 Å². The smallest absolute Gasteiger partial charge is 0.171 e. The first-order valence-electron chi connectivity index (χ1n) is 7.13. The molecule has 0 aliphatic carbocycles. The average Bonchev–Trinajstić information content (AvgIpc) is 2.86. The van der Waals surface area contributed by atoms with Gasteiger partial charge in [0.1, 0.15) is 11.4 Å². The minimum Gasteiger partial charge on any atom is -0.302 e. The number of aromatic nitrogens is 2. The molecule has 0 radical (unpaired) electrons. The van der Waals surface area contributed by atoms with Crippen molar-refractivity contribution in [2.75, 3.05) is 25.9 Å². The van der Waals surface area contributed by atoms with Crippen LogP contribution in [0.5, 0.6) is 0 Å². The zero-order valence-electron chi connectivity index (χ0n) is 12.1. The number of rotatable bonds is 7. The number of halogens is 1. The quantitative estimate of drug-likeness (QED) is 0.553. The van der Waals surface area contributed by atoms with Gasteiger partial charge in [-0.15, -0.1) is 15.6 Å². The molecule has 1 aromatic rings. The molecule has 0 saturated carbocycles. The van der Waals surface area contributed by atoms with Gasteiger partial charge in [0.05, 0.1) is 5.69 Å². The highest BCUT2D eigenvalue weighted by Gasteiger charge is 2.19. The molecule has 0 bridgehead atoms. The fraction of sp³-hybridized carbons (Fsp3) is 0.643. The Morgan fingerprint density at radius 1 is 1.40 bits per heavy atom. The van der Waals surface area contributed by atoms with Crippen LogP contribution in [-0.4, -0.2) is 39.7 Å². The molecule has 0 unspecified atom stereocenters.